The van der Waals surface area contributed by atoms with Gasteiger partial charge in [-0.15, -0.1) is 0 Å². The summed E-state index contributed by atoms with van der Waals surface area (Å²) >= 11 is 0. The van der Waals surface area contributed by atoms with Gasteiger partial charge in [-0.3, -0.25) is 0 Å². The third kappa shape index (κ3) is 4.47. The fourth-order valence-electron chi connectivity index (χ4n) is 1.91. The first-order valence-electron chi connectivity index (χ1n) is 6.52. The Bertz CT molecular complexity index is 334. The summed E-state index contributed by atoms with van der Waals surface area (Å²) in [4.78, 5) is 0. The molecule has 1 aliphatic rings. The van der Waals surface area contributed by atoms with E-state index in [2.05, 4.69) is 5.32 Å². The van der Waals surface area contributed by atoms with E-state index in [4.69, 9.17) is 4.74 Å². The summed E-state index contributed by atoms with van der Waals surface area (Å²) < 4.78 is 32.8. The van der Waals surface area contributed by atoms with Crippen molar-refractivity contribution in [2.24, 2.45) is 0 Å². The highest BCUT2D eigenvalue weighted by Gasteiger charge is 2.30. The minimum Gasteiger partial charge on any atom is -0.376 e. The molecule has 1 atom stereocenters. The second-order valence-electron chi connectivity index (χ2n) is 4.58. The third-order valence-electron chi connectivity index (χ3n) is 3.00. The maximum absolute atomic E-state index is 12.3. The second-order valence-corrected chi connectivity index (χ2v) is 6.61. The SMILES string of the molecule is CCNCCCN(C)S(=O)(=O)N1CCOC(C)C1. The number of nitrogens with zero attached hydrogens (tertiary/aromatic N) is 2. The maximum Gasteiger partial charge on any atom is 0.281 e. The maximum atomic E-state index is 12.3. The molecule has 0 radical (unpaired) electrons. The molecule has 0 aromatic heterocycles. The van der Waals surface area contributed by atoms with Gasteiger partial charge in [-0.1, -0.05) is 6.92 Å². The molecule has 6 nitrogen and oxygen atoms in total. The van der Waals surface area contributed by atoms with Gasteiger partial charge in [-0.25, -0.2) is 0 Å². The molecular weight excluding hydrogens is 254 g/mol. The Labute approximate surface area is 110 Å². The second kappa shape index (κ2) is 7.40. The smallest absolute Gasteiger partial charge is 0.281 e. The molecular formula is C11H25N3O3S. The first kappa shape index (κ1) is 15.8. The lowest BCUT2D eigenvalue weighted by Gasteiger charge is -2.33. The Morgan fingerprint density at radius 2 is 2.22 bits per heavy atom. The molecule has 1 saturated heterocycles. The van der Waals surface area contributed by atoms with E-state index in [1.54, 1.807) is 7.05 Å². The molecule has 0 bridgehead atoms. The first-order chi connectivity index (χ1) is 8.48. The number of morpholine rings is 1. The van der Waals surface area contributed by atoms with E-state index in [0.29, 0.717) is 26.2 Å². The minimum atomic E-state index is -3.32. The van der Waals surface area contributed by atoms with Crippen molar-refractivity contribution >= 4 is 10.2 Å². The summed E-state index contributed by atoms with van der Waals surface area (Å²) in [5.74, 6) is 0. The molecule has 0 saturated carbocycles. The number of hydrogen-bond donors (Lipinski definition) is 1. The largest absolute Gasteiger partial charge is 0.376 e. The van der Waals surface area contributed by atoms with Gasteiger partial charge in [-0.2, -0.15) is 17.0 Å². The van der Waals surface area contributed by atoms with E-state index in [9.17, 15) is 8.42 Å². The van der Waals surface area contributed by atoms with Crippen LogP contribution in [0.15, 0.2) is 0 Å². The zero-order valence-corrected chi connectivity index (χ0v) is 12.4. The number of hydrogen-bond acceptors (Lipinski definition) is 4. The van der Waals surface area contributed by atoms with Gasteiger partial charge in [0, 0.05) is 26.7 Å². The number of nitrogens with one attached hydrogen (secondary N) is 1. The molecule has 0 aromatic rings. The van der Waals surface area contributed by atoms with E-state index < -0.39 is 10.2 Å². The van der Waals surface area contributed by atoms with E-state index in [1.165, 1.54) is 8.61 Å². The van der Waals surface area contributed by atoms with E-state index >= 15 is 0 Å². The van der Waals surface area contributed by atoms with Crippen molar-refractivity contribution in [3.63, 3.8) is 0 Å². The predicted octanol–water partition coefficient (Wildman–Crippen LogP) is -0.117. The van der Waals surface area contributed by atoms with Crippen LogP contribution in [0.5, 0.6) is 0 Å². The van der Waals surface area contributed by atoms with Crippen molar-refractivity contribution in [1.82, 2.24) is 13.9 Å². The predicted molar refractivity (Wildman–Crippen MR) is 71.7 cm³/mol. The van der Waals surface area contributed by atoms with Gasteiger partial charge in [-0.05, 0) is 26.4 Å². The van der Waals surface area contributed by atoms with Crippen molar-refractivity contribution in [3.8, 4) is 0 Å². The minimum absolute atomic E-state index is 0.0244. The number of rotatable bonds is 7. The van der Waals surface area contributed by atoms with Crippen molar-refractivity contribution in [2.75, 3.05) is 46.4 Å². The zero-order valence-electron chi connectivity index (χ0n) is 11.6. The van der Waals surface area contributed by atoms with E-state index in [0.717, 1.165) is 19.5 Å². The fraction of sp³-hybridized carbons (Fsp3) is 1.00. The van der Waals surface area contributed by atoms with Crippen molar-refractivity contribution in [3.05, 3.63) is 0 Å². The highest BCUT2D eigenvalue weighted by molar-refractivity contribution is 7.86. The van der Waals surface area contributed by atoms with Gasteiger partial charge in [0.1, 0.15) is 0 Å². The monoisotopic (exact) mass is 279 g/mol. The Morgan fingerprint density at radius 1 is 1.50 bits per heavy atom. The molecule has 1 N–H and O–H groups in total. The van der Waals surface area contributed by atoms with E-state index in [1.807, 2.05) is 13.8 Å². The zero-order chi connectivity index (χ0) is 13.6. The summed E-state index contributed by atoms with van der Waals surface area (Å²) in [6.07, 6.45) is 0.799. The number of ether oxygens (including phenoxy) is 1. The highest BCUT2D eigenvalue weighted by Crippen LogP contribution is 2.12. The molecule has 108 valence electrons. The van der Waals surface area contributed by atoms with Crippen LogP contribution in [0.4, 0.5) is 0 Å². The van der Waals surface area contributed by atoms with Crippen LogP contribution < -0.4 is 5.32 Å². The highest BCUT2D eigenvalue weighted by atomic mass is 32.2. The quantitative estimate of drug-likeness (QED) is 0.660. The molecule has 7 heteroatoms. The summed E-state index contributed by atoms with van der Waals surface area (Å²) in [6, 6.07) is 0. The standard InChI is InChI=1S/C11H25N3O3S/c1-4-12-6-5-7-13(3)18(15,16)14-8-9-17-11(2)10-14/h11-12H,4-10H2,1-3H3. The van der Waals surface area contributed by atoms with Gasteiger partial charge in [0.25, 0.3) is 10.2 Å². The van der Waals surface area contributed by atoms with Crippen LogP contribution in [-0.4, -0.2) is 69.5 Å². The van der Waals surface area contributed by atoms with Crippen LogP contribution in [0.2, 0.25) is 0 Å². The average molecular weight is 279 g/mol. The molecule has 0 aliphatic carbocycles. The molecule has 0 aromatic carbocycles. The van der Waals surface area contributed by atoms with Crippen LogP contribution in [0, 0.1) is 0 Å². The van der Waals surface area contributed by atoms with Crippen LogP contribution in [0.3, 0.4) is 0 Å². The lowest BCUT2D eigenvalue weighted by molar-refractivity contribution is 0.00853. The molecule has 0 amide bonds. The molecule has 0 spiro atoms. The molecule has 1 rings (SSSR count). The Balaban J connectivity index is 2.45. The summed E-state index contributed by atoms with van der Waals surface area (Å²) in [7, 11) is -1.68. The molecule has 1 heterocycles. The average Bonchev–Trinajstić information content (AvgIpc) is 2.34. The lowest BCUT2D eigenvalue weighted by Crippen LogP contribution is -2.50. The molecule has 1 fully saturated rings. The topological polar surface area (TPSA) is 61.9 Å². The summed E-state index contributed by atoms with van der Waals surface area (Å²) in [5, 5.41) is 3.19. The normalized spacial score (nSPS) is 22.6. The molecule has 18 heavy (non-hydrogen) atoms. The molecule has 1 unspecified atom stereocenters. The van der Waals surface area contributed by atoms with Crippen LogP contribution >= 0.6 is 0 Å². The van der Waals surface area contributed by atoms with E-state index in [-0.39, 0.29) is 6.10 Å². The third-order valence-corrected chi connectivity index (χ3v) is 4.96. The molecule has 1 aliphatic heterocycles. The first-order valence-corrected chi connectivity index (χ1v) is 7.92. The fourth-order valence-corrected chi connectivity index (χ4v) is 3.37. The summed E-state index contributed by atoms with van der Waals surface area (Å²) in [6.45, 7) is 7.60. The van der Waals surface area contributed by atoms with Crippen molar-refractivity contribution < 1.29 is 13.2 Å². The summed E-state index contributed by atoms with van der Waals surface area (Å²) in [5.41, 5.74) is 0. The van der Waals surface area contributed by atoms with Gasteiger partial charge in [0.05, 0.1) is 12.7 Å². The van der Waals surface area contributed by atoms with Gasteiger partial charge in [0.2, 0.25) is 0 Å². The Hall–Kier alpha value is -0.210. The van der Waals surface area contributed by atoms with Gasteiger partial charge < -0.3 is 10.1 Å². The van der Waals surface area contributed by atoms with Crippen LogP contribution in [0.1, 0.15) is 20.3 Å². The van der Waals surface area contributed by atoms with Gasteiger partial charge >= 0.3 is 0 Å². The van der Waals surface area contributed by atoms with Crippen LogP contribution in [0.25, 0.3) is 0 Å². The van der Waals surface area contributed by atoms with Gasteiger partial charge in [0.15, 0.2) is 0 Å². The lowest BCUT2D eigenvalue weighted by atomic mass is 10.3. The van der Waals surface area contributed by atoms with Crippen molar-refractivity contribution in [1.29, 1.82) is 0 Å². The van der Waals surface area contributed by atoms with Crippen molar-refractivity contribution in [2.45, 2.75) is 26.4 Å². The van der Waals surface area contributed by atoms with Crippen LogP contribution in [-0.2, 0) is 14.9 Å². The Kier molecular flexibility index (Phi) is 6.51. The Morgan fingerprint density at radius 3 is 2.83 bits per heavy atom.